The molecule has 0 fully saturated rings. The normalized spacial score (nSPS) is 10.3. The van der Waals surface area contributed by atoms with Gasteiger partial charge in [-0.05, 0) is 91.9 Å². The summed E-state index contributed by atoms with van der Waals surface area (Å²) in [5.41, 5.74) is 1.24. The Kier molecular flexibility index (Phi) is 5.05. The van der Waals surface area contributed by atoms with Gasteiger partial charge in [-0.2, -0.15) is 0 Å². The van der Waals surface area contributed by atoms with Gasteiger partial charge in [0.2, 0.25) is 0 Å². The first-order valence-electron chi connectivity index (χ1n) is 3.39. The van der Waals surface area contributed by atoms with Gasteiger partial charge in [0.1, 0.15) is 0 Å². The molecule has 12 heavy (non-hydrogen) atoms. The van der Waals surface area contributed by atoms with E-state index in [0.29, 0.717) is 0 Å². The van der Waals surface area contributed by atoms with Crippen LogP contribution in [0.3, 0.4) is 0 Å². The molecular weight excluding hydrogens is 493 g/mol. The van der Waals surface area contributed by atoms with E-state index in [2.05, 4.69) is 79.9 Å². The summed E-state index contributed by atoms with van der Waals surface area (Å²) in [6, 6.07) is 4.27. The van der Waals surface area contributed by atoms with E-state index in [4.69, 9.17) is 5.11 Å². The molecule has 0 aliphatic rings. The van der Waals surface area contributed by atoms with Crippen molar-refractivity contribution in [3.63, 3.8) is 0 Å². The molecule has 0 saturated heterocycles. The zero-order valence-corrected chi connectivity index (χ0v) is 12.6. The monoisotopic (exact) mass is 500 g/mol. The van der Waals surface area contributed by atoms with E-state index in [0.717, 1.165) is 6.42 Å². The Labute approximate surface area is 113 Å². The fraction of sp³-hybridized carbons (Fsp3) is 0.250. The van der Waals surface area contributed by atoms with Crippen molar-refractivity contribution in [2.75, 3.05) is 6.61 Å². The van der Waals surface area contributed by atoms with Crippen molar-refractivity contribution in [1.29, 1.82) is 0 Å². The van der Waals surface area contributed by atoms with Crippen LogP contribution in [0.2, 0.25) is 0 Å². The van der Waals surface area contributed by atoms with Crippen LogP contribution in [0, 0.1) is 10.7 Å². The minimum atomic E-state index is 0.228. The first kappa shape index (κ1) is 11.4. The molecule has 0 radical (unpaired) electrons. The van der Waals surface area contributed by atoms with Gasteiger partial charge in [0.25, 0.3) is 0 Å². The fourth-order valence-corrected chi connectivity index (χ4v) is 3.46. The second-order valence-corrected chi connectivity index (χ2v) is 5.82. The maximum Gasteiger partial charge on any atom is 0.0471 e. The number of halogens is 3. The molecule has 0 bridgehead atoms. The maximum atomic E-state index is 8.82. The average molecular weight is 500 g/mol. The number of aliphatic hydroxyl groups excluding tert-OH is 1. The van der Waals surface area contributed by atoms with Crippen molar-refractivity contribution in [1.82, 2.24) is 0 Å². The second-order valence-electron chi connectivity index (χ2n) is 2.33. The fourth-order valence-electron chi connectivity index (χ4n) is 0.912. The summed E-state index contributed by atoms with van der Waals surface area (Å²) < 4.78 is 3.77. The smallest absolute Gasteiger partial charge is 0.0471 e. The second kappa shape index (κ2) is 5.30. The van der Waals surface area contributed by atoms with Gasteiger partial charge in [-0.15, -0.1) is 0 Å². The molecule has 0 aliphatic heterocycles. The van der Waals surface area contributed by atoms with Crippen LogP contribution in [0.15, 0.2) is 12.1 Å². The topological polar surface area (TPSA) is 20.2 Å². The Morgan fingerprint density at radius 3 is 2.42 bits per heavy atom. The van der Waals surface area contributed by atoms with Crippen molar-refractivity contribution in [2.45, 2.75) is 6.42 Å². The molecule has 1 rings (SSSR count). The summed E-state index contributed by atoms with van der Waals surface area (Å²) in [5.74, 6) is 0. The average Bonchev–Trinajstić information content (AvgIpc) is 2.00. The Morgan fingerprint density at radius 1 is 1.17 bits per heavy atom. The number of hydrogen-bond acceptors (Lipinski definition) is 1. The van der Waals surface area contributed by atoms with E-state index in [-0.39, 0.29) is 6.61 Å². The highest BCUT2D eigenvalue weighted by Gasteiger charge is 2.04. The number of rotatable bonds is 2. The van der Waals surface area contributed by atoms with Crippen molar-refractivity contribution >= 4 is 67.8 Å². The SMILES string of the molecule is OCCc1cc(I)cc(I)c1I. The molecule has 66 valence electrons. The van der Waals surface area contributed by atoms with Crippen LogP contribution in [0.5, 0.6) is 0 Å². The minimum Gasteiger partial charge on any atom is -0.396 e. The third kappa shape index (κ3) is 2.95. The van der Waals surface area contributed by atoms with Crippen LogP contribution in [0.4, 0.5) is 0 Å². The van der Waals surface area contributed by atoms with Gasteiger partial charge in [0.05, 0.1) is 0 Å². The van der Waals surface area contributed by atoms with Crippen LogP contribution in [0.1, 0.15) is 5.56 Å². The number of aliphatic hydroxyl groups is 1. The van der Waals surface area contributed by atoms with Crippen LogP contribution in [-0.2, 0) is 6.42 Å². The minimum absolute atomic E-state index is 0.228. The molecule has 0 heterocycles. The van der Waals surface area contributed by atoms with Gasteiger partial charge in [-0.25, -0.2) is 0 Å². The summed E-state index contributed by atoms with van der Waals surface area (Å²) in [4.78, 5) is 0. The lowest BCUT2D eigenvalue weighted by molar-refractivity contribution is 0.299. The third-order valence-electron chi connectivity index (χ3n) is 1.45. The van der Waals surface area contributed by atoms with Crippen molar-refractivity contribution in [2.24, 2.45) is 0 Å². The molecule has 0 aromatic heterocycles. The van der Waals surface area contributed by atoms with E-state index in [1.165, 1.54) is 16.3 Å². The molecule has 0 atom stereocenters. The summed E-state index contributed by atoms with van der Waals surface area (Å²) in [6.45, 7) is 0.228. The van der Waals surface area contributed by atoms with Crippen LogP contribution in [0.25, 0.3) is 0 Å². The Hall–Kier alpha value is 1.37. The zero-order chi connectivity index (χ0) is 9.14. The zero-order valence-electron chi connectivity index (χ0n) is 6.15. The summed E-state index contributed by atoms with van der Waals surface area (Å²) in [5, 5.41) is 8.82. The number of hydrogen-bond donors (Lipinski definition) is 1. The van der Waals surface area contributed by atoms with E-state index < -0.39 is 0 Å². The Morgan fingerprint density at radius 2 is 1.83 bits per heavy atom. The van der Waals surface area contributed by atoms with Crippen molar-refractivity contribution in [3.8, 4) is 0 Å². The highest BCUT2D eigenvalue weighted by molar-refractivity contribution is 14.1. The summed E-state index contributed by atoms with van der Waals surface area (Å²) >= 11 is 6.94. The summed E-state index contributed by atoms with van der Waals surface area (Å²) in [7, 11) is 0. The standard InChI is InChI=1S/C8H7I3O/c9-6-3-5(1-2-12)8(11)7(10)4-6/h3-4,12H,1-2H2. The Balaban J connectivity index is 3.09. The van der Waals surface area contributed by atoms with Crippen LogP contribution >= 0.6 is 67.8 Å². The van der Waals surface area contributed by atoms with Gasteiger partial charge < -0.3 is 5.11 Å². The molecule has 1 nitrogen and oxygen atoms in total. The molecule has 0 unspecified atom stereocenters. The van der Waals surface area contributed by atoms with Crippen molar-refractivity contribution in [3.05, 3.63) is 28.4 Å². The van der Waals surface area contributed by atoms with Gasteiger partial charge in [0.15, 0.2) is 0 Å². The highest BCUT2D eigenvalue weighted by Crippen LogP contribution is 2.22. The molecule has 0 spiro atoms. The van der Waals surface area contributed by atoms with Gasteiger partial charge in [-0.3, -0.25) is 0 Å². The predicted octanol–water partition coefficient (Wildman–Crippen LogP) is 3.04. The molecule has 0 aliphatic carbocycles. The van der Waals surface area contributed by atoms with Gasteiger partial charge in [0, 0.05) is 17.3 Å². The highest BCUT2D eigenvalue weighted by atomic mass is 127. The molecule has 0 amide bonds. The van der Waals surface area contributed by atoms with Crippen LogP contribution < -0.4 is 0 Å². The first-order valence-corrected chi connectivity index (χ1v) is 6.63. The van der Waals surface area contributed by atoms with Crippen LogP contribution in [-0.4, -0.2) is 11.7 Å². The predicted molar refractivity (Wildman–Crippen MR) is 75.4 cm³/mol. The van der Waals surface area contributed by atoms with E-state index in [1.54, 1.807) is 0 Å². The lowest BCUT2D eigenvalue weighted by Crippen LogP contribution is -1.97. The first-order chi connectivity index (χ1) is 5.65. The maximum absolute atomic E-state index is 8.82. The lowest BCUT2D eigenvalue weighted by atomic mass is 10.2. The summed E-state index contributed by atoms with van der Waals surface area (Å²) in [6.07, 6.45) is 0.755. The third-order valence-corrected chi connectivity index (χ3v) is 5.23. The molecule has 1 aromatic rings. The molecule has 4 heteroatoms. The molecule has 0 saturated carbocycles. The molecular formula is C8H7I3O. The largest absolute Gasteiger partial charge is 0.396 e. The van der Waals surface area contributed by atoms with E-state index >= 15 is 0 Å². The van der Waals surface area contributed by atoms with Gasteiger partial charge in [-0.1, -0.05) is 0 Å². The molecule has 1 aromatic carbocycles. The lowest BCUT2D eigenvalue weighted by Gasteiger charge is -2.05. The quantitative estimate of drug-likeness (QED) is 0.490. The molecule has 1 N–H and O–H groups in total. The Bertz CT molecular complexity index is 286. The van der Waals surface area contributed by atoms with Gasteiger partial charge >= 0.3 is 0 Å². The van der Waals surface area contributed by atoms with E-state index in [9.17, 15) is 0 Å². The van der Waals surface area contributed by atoms with E-state index in [1.807, 2.05) is 0 Å². The van der Waals surface area contributed by atoms with Crippen molar-refractivity contribution < 1.29 is 5.11 Å². The number of benzene rings is 1.